The Kier molecular flexibility index (Phi) is 6.22. The summed E-state index contributed by atoms with van der Waals surface area (Å²) in [4.78, 5) is 24.7. The van der Waals surface area contributed by atoms with Crippen LogP contribution in [-0.4, -0.2) is 23.8 Å². The lowest BCUT2D eigenvalue weighted by Gasteiger charge is -2.24. The molecule has 142 valence electrons. The number of benzene rings is 2. The highest BCUT2D eigenvalue weighted by molar-refractivity contribution is 6.09. The molecule has 0 aromatic heterocycles. The minimum Gasteiger partial charge on any atom is -0.481 e. The van der Waals surface area contributed by atoms with Crippen LogP contribution in [0.25, 0.3) is 0 Å². The Balaban J connectivity index is 1.57. The highest BCUT2D eigenvalue weighted by Crippen LogP contribution is 2.19. The van der Waals surface area contributed by atoms with Crippen LogP contribution in [0, 0.1) is 5.82 Å². The molecule has 1 saturated carbocycles. The SMILES string of the molecule is C[C@@H](Oc1ccc(C(=O)c2ccc(F)cc2)cc1)C(=O)NC1CCCCC1. The van der Waals surface area contributed by atoms with Crippen molar-refractivity contribution >= 4 is 11.7 Å². The molecule has 2 aromatic carbocycles. The molecule has 0 aliphatic heterocycles. The van der Waals surface area contributed by atoms with E-state index >= 15 is 0 Å². The molecule has 1 amide bonds. The molecule has 1 aliphatic carbocycles. The van der Waals surface area contributed by atoms with Crippen molar-refractivity contribution in [1.82, 2.24) is 5.32 Å². The Bertz CT molecular complexity index is 780. The topological polar surface area (TPSA) is 55.4 Å². The quantitative estimate of drug-likeness (QED) is 0.774. The van der Waals surface area contributed by atoms with Gasteiger partial charge in [0.1, 0.15) is 11.6 Å². The Morgan fingerprint density at radius 2 is 1.52 bits per heavy atom. The van der Waals surface area contributed by atoms with E-state index in [4.69, 9.17) is 4.74 Å². The van der Waals surface area contributed by atoms with Gasteiger partial charge in [0.2, 0.25) is 0 Å². The zero-order valence-electron chi connectivity index (χ0n) is 15.4. The lowest BCUT2D eigenvalue weighted by Crippen LogP contribution is -2.43. The smallest absolute Gasteiger partial charge is 0.260 e. The number of hydrogen-bond donors (Lipinski definition) is 1. The number of ether oxygens (including phenoxy) is 1. The van der Waals surface area contributed by atoms with Gasteiger partial charge in [-0.1, -0.05) is 19.3 Å². The van der Waals surface area contributed by atoms with E-state index in [0.717, 1.165) is 25.7 Å². The minimum atomic E-state index is -0.606. The van der Waals surface area contributed by atoms with Crippen LogP contribution in [0.5, 0.6) is 5.75 Å². The minimum absolute atomic E-state index is 0.117. The first kappa shape index (κ1) is 19.1. The Hall–Kier alpha value is -2.69. The molecule has 27 heavy (non-hydrogen) atoms. The summed E-state index contributed by atoms with van der Waals surface area (Å²) in [5.41, 5.74) is 0.901. The van der Waals surface area contributed by atoms with E-state index in [2.05, 4.69) is 5.32 Å². The number of carbonyl (C=O) groups excluding carboxylic acids is 2. The summed E-state index contributed by atoms with van der Waals surface area (Å²) >= 11 is 0. The number of halogens is 1. The predicted octanol–water partition coefficient (Wildman–Crippen LogP) is 4.27. The lowest BCUT2D eigenvalue weighted by molar-refractivity contribution is -0.128. The molecule has 1 aliphatic rings. The first-order chi connectivity index (χ1) is 13.0. The summed E-state index contributed by atoms with van der Waals surface area (Å²) < 4.78 is 18.7. The van der Waals surface area contributed by atoms with E-state index in [1.54, 1.807) is 31.2 Å². The second-order valence-corrected chi connectivity index (χ2v) is 6.96. The van der Waals surface area contributed by atoms with Gasteiger partial charge in [-0.25, -0.2) is 4.39 Å². The molecule has 0 heterocycles. The van der Waals surface area contributed by atoms with Gasteiger partial charge in [0.05, 0.1) is 0 Å². The lowest BCUT2D eigenvalue weighted by atomic mass is 9.95. The van der Waals surface area contributed by atoms with Crippen molar-refractivity contribution in [2.24, 2.45) is 0 Å². The van der Waals surface area contributed by atoms with Crippen LogP contribution in [0.1, 0.15) is 54.9 Å². The van der Waals surface area contributed by atoms with Crippen molar-refractivity contribution in [3.05, 3.63) is 65.5 Å². The van der Waals surface area contributed by atoms with Gasteiger partial charge < -0.3 is 10.1 Å². The van der Waals surface area contributed by atoms with Gasteiger partial charge in [0.15, 0.2) is 11.9 Å². The maximum absolute atomic E-state index is 13.0. The van der Waals surface area contributed by atoms with Crippen molar-refractivity contribution in [3.63, 3.8) is 0 Å². The number of hydrogen-bond acceptors (Lipinski definition) is 3. The summed E-state index contributed by atoms with van der Waals surface area (Å²) in [6.45, 7) is 1.72. The van der Waals surface area contributed by atoms with Gasteiger partial charge >= 0.3 is 0 Å². The summed E-state index contributed by atoms with van der Waals surface area (Å²) in [5, 5.41) is 3.05. The second-order valence-electron chi connectivity index (χ2n) is 6.96. The molecule has 1 N–H and O–H groups in total. The molecule has 0 spiro atoms. The van der Waals surface area contributed by atoms with Gasteiger partial charge in [-0.15, -0.1) is 0 Å². The molecule has 4 nitrogen and oxygen atoms in total. The molecule has 3 rings (SSSR count). The van der Waals surface area contributed by atoms with Crippen molar-refractivity contribution < 1.29 is 18.7 Å². The fourth-order valence-electron chi connectivity index (χ4n) is 3.28. The summed E-state index contributed by atoms with van der Waals surface area (Å²) in [5.74, 6) is -0.161. The summed E-state index contributed by atoms with van der Waals surface area (Å²) in [6, 6.07) is 12.3. The number of amides is 1. The summed E-state index contributed by atoms with van der Waals surface area (Å²) in [7, 11) is 0. The van der Waals surface area contributed by atoms with Crippen LogP contribution in [0.3, 0.4) is 0 Å². The Morgan fingerprint density at radius 3 is 2.11 bits per heavy atom. The first-order valence-electron chi connectivity index (χ1n) is 9.40. The highest BCUT2D eigenvalue weighted by atomic mass is 19.1. The monoisotopic (exact) mass is 369 g/mol. The third-order valence-electron chi connectivity index (χ3n) is 4.86. The number of nitrogens with one attached hydrogen (secondary N) is 1. The van der Waals surface area contributed by atoms with Crippen molar-refractivity contribution in [3.8, 4) is 5.75 Å². The zero-order valence-corrected chi connectivity index (χ0v) is 15.4. The standard InChI is InChI=1S/C22H24FNO3/c1-15(22(26)24-19-5-3-2-4-6-19)27-20-13-9-17(10-14-20)21(25)16-7-11-18(23)12-8-16/h7-15,19H,2-6H2,1H3,(H,24,26)/t15-/m1/s1. The molecule has 2 aromatic rings. The fourth-order valence-corrected chi connectivity index (χ4v) is 3.28. The number of rotatable bonds is 6. The van der Waals surface area contributed by atoms with Crippen molar-refractivity contribution in [2.45, 2.75) is 51.2 Å². The average molecular weight is 369 g/mol. The van der Waals surface area contributed by atoms with Crippen LogP contribution in [0.4, 0.5) is 4.39 Å². The first-order valence-corrected chi connectivity index (χ1v) is 9.40. The van der Waals surface area contributed by atoms with Crippen LogP contribution in [-0.2, 0) is 4.79 Å². The van der Waals surface area contributed by atoms with Gasteiger partial charge in [-0.3, -0.25) is 9.59 Å². The van der Waals surface area contributed by atoms with Crippen LogP contribution < -0.4 is 10.1 Å². The second kappa shape index (κ2) is 8.80. The molecule has 5 heteroatoms. The predicted molar refractivity (Wildman–Crippen MR) is 101 cm³/mol. The van der Waals surface area contributed by atoms with Crippen LogP contribution in [0.2, 0.25) is 0 Å². The highest BCUT2D eigenvalue weighted by Gasteiger charge is 2.20. The number of ketones is 1. The molecule has 0 radical (unpaired) electrons. The average Bonchev–Trinajstić information content (AvgIpc) is 2.69. The van der Waals surface area contributed by atoms with Crippen molar-refractivity contribution in [1.29, 1.82) is 0 Å². The largest absolute Gasteiger partial charge is 0.481 e. The molecule has 0 unspecified atom stereocenters. The maximum atomic E-state index is 13.0. The third kappa shape index (κ3) is 5.16. The molecular formula is C22H24FNO3. The van der Waals surface area contributed by atoms with E-state index in [1.807, 2.05) is 0 Å². The molecular weight excluding hydrogens is 345 g/mol. The van der Waals surface area contributed by atoms with Crippen LogP contribution >= 0.6 is 0 Å². The Morgan fingerprint density at radius 1 is 0.963 bits per heavy atom. The van der Waals surface area contributed by atoms with Gasteiger partial charge in [-0.2, -0.15) is 0 Å². The van der Waals surface area contributed by atoms with E-state index in [-0.39, 0.29) is 23.5 Å². The molecule has 1 fully saturated rings. The van der Waals surface area contributed by atoms with E-state index in [1.165, 1.54) is 30.7 Å². The van der Waals surface area contributed by atoms with E-state index in [9.17, 15) is 14.0 Å². The van der Waals surface area contributed by atoms with E-state index in [0.29, 0.717) is 16.9 Å². The maximum Gasteiger partial charge on any atom is 0.260 e. The zero-order chi connectivity index (χ0) is 19.2. The van der Waals surface area contributed by atoms with Gasteiger partial charge in [0, 0.05) is 17.2 Å². The van der Waals surface area contributed by atoms with Gasteiger partial charge in [0.25, 0.3) is 5.91 Å². The van der Waals surface area contributed by atoms with Gasteiger partial charge in [-0.05, 0) is 68.3 Å². The molecule has 0 bridgehead atoms. The normalized spacial score (nSPS) is 15.8. The third-order valence-corrected chi connectivity index (χ3v) is 4.86. The molecule has 1 atom stereocenters. The number of carbonyl (C=O) groups is 2. The fraction of sp³-hybridized carbons (Fsp3) is 0.364. The summed E-state index contributed by atoms with van der Waals surface area (Å²) in [6.07, 6.45) is 5.00. The Labute approximate surface area is 158 Å². The van der Waals surface area contributed by atoms with E-state index < -0.39 is 6.10 Å². The van der Waals surface area contributed by atoms with Crippen LogP contribution in [0.15, 0.2) is 48.5 Å². The van der Waals surface area contributed by atoms with Crippen molar-refractivity contribution in [2.75, 3.05) is 0 Å². The molecule has 0 saturated heterocycles.